The Kier molecular flexibility index (Phi) is 6.21. The third kappa shape index (κ3) is 5.74. The first-order chi connectivity index (χ1) is 9.32. The minimum Gasteiger partial charge on any atom is -0.330 e. The molecule has 1 aromatic carbocycles. The molecule has 3 heteroatoms. The van der Waals surface area contributed by atoms with E-state index in [1.807, 2.05) is 31.2 Å². The van der Waals surface area contributed by atoms with Crippen LogP contribution in [0, 0.1) is 18.3 Å². The molecule has 3 N–H and O–H groups in total. The summed E-state index contributed by atoms with van der Waals surface area (Å²) >= 11 is 0. The topological polar surface area (TPSA) is 55.1 Å². The smallest absolute Gasteiger partial charge is 0.224 e. The van der Waals surface area contributed by atoms with Gasteiger partial charge in [0.15, 0.2) is 0 Å². The van der Waals surface area contributed by atoms with E-state index >= 15 is 0 Å². The third-order valence-corrected chi connectivity index (χ3v) is 3.76. The van der Waals surface area contributed by atoms with Crippen LogP contribution in [-0.4, -0.2) is 12.5 Å². The molecule has 1 aromatic rings. The molecule has 0 aromatic heterocycles. The Morgan fingerprint density at radius 3 is 2.55 bits per heavy atom. The van der Waals surface area contributed by atoms with Crippen molar-refractivity contribution in [2.24, 2.45) is 17.1 Å². The van der Waals surface area contributed by atoms with Crippen molar-refractivity contribution in [2.75, 3.05) is 11.9 Å². The summed E-state index contributed by atoms with van der Waals surface area (Å²) in [7, 11) is 0. The van der Waals surface area contributed by atoms with Crippen molar-refractivity contribution >= 4 is 11.6 Å². The van der Waals surface area contributed by atoms with Crippen molar-refractivity contribution in [2.45, 2.75) is 47.0 Å². The summed E-state index contributed by atoms with van der Waals surface area (Å²) in [4.78, 5) is 12.0. The van der Waals surface area contributed by atoms with Crippen molar-refractivity contribution in [1.82, 2.24) is 0 Å². The Balaban J connectivity index is 2.50. The fourth-order valence-electron chi connectivity index (χ4n) is 2.46. The van der Waals surface area contributed by atoms with Gasteiger partial charge in [0.05, 0.1) is 0 Å². The predicted molar refractivity (Wildman–Crippen MR) is 85.7 cm³/mol. The van der Waals surface area contributed by atoms with E-state index in [1.165, 1.54) is 0 Å². The number of hydrogen-bond acceptors (Lipinski definition) is 2. The lowest BCUT2D eigenvalue weighted by atomic mass is 9.76. The van der Waals surface area contributed by atoms with E-state index in [4.69, 9.17) is 5.73 Å². The fourth-order valence-corrected chi connectivity index (χ4v) is 2.46. The molecule has 0 aliphatic carbocycles. The van der Waals surface area contributed by atoms with E-state index in [2.05, 4.69) is 26.1 Å². The van der Waals surface area contributed by atoms with E-state index < -0.39 is 0 Å². The molecule has 0 aliphatic heterocycles. The summed E-state index contributed by atoms with van der Waals surface area (Å²) in [5.74, 6) is 0.567. The van der Waals surface area contributed by atoms with Gasteiger partial charge in [-0.2, -0.15) is 0 Å². The second-order valence-corrected chi connectivity index (χ2v) is 6.60. The molecule has 1 unspecified atom stereocenters. The molecule has 0 radical (unpaired) electrons. The largest absolute Gasteiger partial charge is 0.330 e. The maximum absolute atomic E-state index is 12.0. The number of rotatable bonds is 6. The molecule has 0 fully saturated rings. The van der Waals surface area contributed by atoms with Crippen LogP contribution in [0.25, 0.3) is 0 Å². The van der Waals surface area contributed by atoms with E-state index in [1.54, 1.807) is 0 Å². The number of carbonyl (C=O) groups excluding carboxylic acids is 1. The second-order valence-electron chi connectivity index (χ2n) is 6.60. The molecule has 0 heterocycles. The molecule has 1 atom stereocenters. The minimum absolute atomic E-state index is 0.0851. The summed E-state index contributed by atoms with van der Waals surface area (Å²) in [5, 5.41) is 2.96. The van der Waals surface area contributed by atoms with Crippen molar-refractivity contribution in [3.63, 3.8) is 0 Å². The zero-order chi connectivity index (χ0) is 15.2. The summed E-state index contributed by atoms with van der Waals surface area (Å²) in [5.41, 5.74) is 7.90. The number of aryl methyl sites for hydroxylation is 1. The lowest BCUT2D eigenvalue weighted by Crippen LogP contribution is -2.25. The molecule has 0 aliphatic rings. The van der Waals surface area contributed by atoms with Crippen LogP contribution in [0.15, 0.2) is 24.3 Å². The van der Waals surface area contributed by atoms with Gasteiger partial charge in [-0.3, -0.25) is 4.79 Å². The third-order valence-electron chi connectivity index (χ3n) is 3.76. The number of anilines is 1. The Hall–Kier alpha value is -1.35. The average molecular weight is 276 g/mol. The van der Waals surface area contributed by atoms with Crippen LogP contribution in [-0.2, 0) is 4.79 Å². The molecule has 0 saturated heterocycles. The number of carbonyl (C=O) groups is 1. The second kappa shape index (κ2) is 7.44. The van der Waals surface area contributed by atoms with Crippen LogP contribution < -0.4 is 11.1 Å². The first-order valence-corrected chi connectivity index (χ1v) is 7.39. The maximum atomic E-state index is 12.0. The van der Waals surface area contributed by atoms with Crippen molar-refractivity contribution in [1.29, 1.82) is 0 Å². The Morgan fingerprint density at radius 1 is 1.30 bits per heavy atom. The van der Waals surface area contributed by atoms with Gasteiger partial charge < -0.3 is 11.1 Å². The molecule has 112 valence electrons. The van der Waals surface area contributed by atoms with Gasteiger partial charge in [0.2, 0.25) is 5.91 Å². The van der Waals surface area contributed by atoms with Crippen molar-refractivity contribution in [3.05, 3.63) is 29.8 Å². The molecule has 0 bridgehead atoms. The van der Waals surface area contributed by atoms with Gasteiger partial charge in [0.25, 0.3) is 0 Å². The van der Waals surface area contributed by atoms with Crippen LogP contribution in [0.4, 0.5) is 5.69 Å². The van der Waals surface area contributed by atoms with Crippen LogP contribution in [0.3, 0.4) is 0 Å². The number of hydrogen-bond donors (Lipinski definition) is 2. The van der Waals surface area contributed by atoms with Gasteiger partial charge in [0, 0.05) is 12.1 Å². The zero-order valence-electron chi connectivity index (χ0n) is 13.2. The highest BCUT2D eigenvalue weighted by Gasteiger charge is 2.24. The normalized spacial score (nSPS) is 13.1. The number of benzene rings is 1. The molecule has 3 nitrogen and oxygen atoms in total. The van der Waals surface area contributed by atoms with Gasteiger partial charge in [-0.15, -0.1) is 0 Å². The minimum atomic E-state index is 0.0851. The van der Waals surface area contributed by atoms with Crippen LogP contribution in [0.2, 0.25) is 0 Å². The molecular weight excluding hydrogens is 248 g/mol. The van der Waals surface area contributed by atoms with Gasteiger partial charge >= 0.3 is 0 Å². The first kappa shape index (κ1) is 16.7. The Bertz CT molecular complexity index is 435. The standard InChI is InChI=1S/C17H28N2O/c1-13-6-5-7-15(12-13)19-16(20)9-8-14(10-11-18)17(2,3)4/h5-7,12,14H,8-11,18H2,1-4H3,(H,19,20). The van der Waals surface area contributed by atoms with E-state index in [9.17, 15) is 4.79 Å². The number of nitrogens with two attached hydrogens (primary N) is 1. The monoisotopic (exact) mass is 276 g/mol. The lowest BCUT2D eigenvalue weighted by molar-refractivity contribution is -0.116. The van der Waals surface area contributed by atoms with Gasteiger partial charge in [0.1, 0.15) is 0 Å². The lowest BCUT2D eigenvalue weighted by Gasteiger charge is -2.30. The molecule has 20 heavy (non-hydrogen) atoms. The van der Waals surface area contributed by atoms with Gasteiger partial charge in [-0.25, -0.2) is 0 Å². The van der Waals surface area contributed by atoms with Crippen molar-refractivity contribution in [3.8, 4) is 0 Å². The molecule has 1 rings (SSSR count). The number of amides is 1. The number of nitrogens with one attached hydrogen (secondary N) is 1. The van der Waals surface area contributed by atoms with E-state index in [0.29, 0.717) is 18.9 Å². The molecule has 0 spiro atoms. The van der Waals surface area contributed by atoms with Crippen LogP contribution in [0.5, 0.6) is 0 Å². The van der Waals surface area contributed by atoms with E-state index in [-0.39, 0.29) is 11.3 Å². The highest BCUT2D eigenvalue weighted by molar-refractivity contribution is 5.90. The average Bonchev–Trinajstić information content (AvgIpc) is 2.33. The zero-order valence-corrected chi connectivity index (χ0v) is 13.2. The van der Waals surface area contributed by atoms with Crippen LogP contribution >= 0.6 is 0 Å². The summed E-state index contributed by atoms with van der Waals surface area (Å²) in [6, 6.07) is 7.88. The van der Waals surface area contributed by atoms with Gasteiger partial charge in [-0.05, 0) is 55.3 Å². The fraction of sp³-hybridized carbons (Fsp3) is 0.588. The summed E-state index contributed by atoms with van der Waals surface area (Å²) in [6.45, 7) is 9.34. The maximum Gasteiger partial charge on any atom is 0.224 e. The molecule has 0 saturated carbocycles. The first-order valence-electron chi connectivity index (χ1n) is 7.39. The Labute approximate surface area is 122 Å². The van der Waals surface area contributed by atoms with E-state index in [0.717, 1.165) is 24.1 Å². The SMILES string of the molecule is Cc1cccc(NC(=O)CCC(CCN)C(C)(C)C)c1. The quantitative estimate of drug-likeness (QED) is 0.832. The predicted octanol–water partition coefficient (Wildman–Crippen LogP) is 3.72. The Morgan fingerprint density at radius 2 is 2.00 bits per heavy atom. The van der Waals surface area contributed by atoms with Crippen molar-refractivity contribution < 1.29 is 4.79 Å². The highest BCUT2D eigenvalue weighted by atomic mass is 16.1. The summed E-state index contributed by atoms with van der Waals surface area (Å²) < 4.78 is 0. The molecule has 1 amide bonds. The van der Waals surface area contributed by atoms with Crippen LogP contribution in [0.1, 0.15) is 45.6 Å². The highest BCUT2D eigenvalue weighted by Crippen LogP contribution is 2.32. The summed E-state index contributed by atoms with van der Waals surface area (Å²) in [6.07, 6.45) is 2.41. The molecular formula is C17H28N2O. The van der Waals surface area contributed by atoms with Gasteiger partial charge in [-0.1, -0.05) is 32.9 Å².